The van der Waals surface area contributed by atoms with Crippen molar-refractivity contribution in [2.24, 2.45) is 10.2 Å². The number of halogens is 2. The lowest BCUT2D eigenvalue weighted by molar-refractivity contribution is 0.104. The second-order valence-electron chi connectivity index (χ2n) is 6.23. The van der Waals surface area contributed by atoms with E-state index in [1.54, 1.807) is 10.6 Å². The molecule has 28 heavy (non-hydrogen) atoms. The number of aromatic hydroxyl groups is 1. The third-order valence-electron chi connectivity index (χ3n) is 4.33. The number of fused-ring (bicyclic) bond motifs is 1. The summed E-state index contributed by atoms with van der Waals surface area (Å²) in [6.45, 7) is 0. The van der Waals surface area contributed by atoms with Gasteiger partial charge in [-0.15, -0.1) is 5.11 Å². The standard InChI is InChI=1S/C21H16F2N3OP/c22-21(23,28)14-7-6-8-15(13-14)24-25-19-17-11-4-5-12-18(17)26(20(19)27)16-9-2-1-3-10-16/h1-13,27H,28H2. The summed E-state index contributed by atoms with van der Waals surface area (Å²) in [6.07, 6.45) is 0. The van der Waals surface area contributed by atoms with Crippen LogP contribution >= 0.6 is 9.24 Å². The van der Waals surface area contributed by atoms with Crippen LogP contribution in [-0.2, 0) is 5.66 Å². The molecule has 0 amide bonds. The first kappa shape index (κ1) is 18.3. The second-order valence-corrected chi connectivity index (χ2v) is 6.96. The number of hydrogen-bond donors (Lipinski definition) is 1. The average Bonchev–Trinajstić information content (AvgIpc) is 2.98. The lowest BCUT2D eigenvalue weighted by Crippen LogP contribution is -2.01. The Kier molecular flexibility index (Phi) is 4.65. The number of para-hydroxylation sites is 2. The van der Waals surface area contributed by atoms with Gasteiger partial charge in [-0.2, -0.15) is 13.9 Å². The van der Waals surface area contributed by atoms with E-state index in [1.807, 2.05) is 54.6 Å². The van der Waals surface area contributed by atoms with E-state index in [-0.39, 0.29) is 22.8 Å². The molecule has 1 atom stereocenters. The number of hydrogen-bond acceptors (Lipinski definition) is 3. The molecule has 1 N–H and O–H groups in total. The quantitative estimate of drug-likeness (QED) is 0.304. The molecule has 0 saturated carbocycles. The number of benzene rings is 3. The monoisotopic (exact) mass is 395 g/mol. The molecule has 4 rings (SSSR count). The van der Waals surface area contributed by atoms with Crippen molar-refractivity contribution in [3.05, 3.63) is 84.4 Å². The Morgan fingerprint density at radius 1 is 0.857 bits per heavy atom. The predicted octanol–water partition coefficient (Wildman–Crippen LogP) is 6.68. The summed E-state index contributed by atoms with van der Waals surface area (Å²) >= 11 is 0. The fourth-order valence-corrected chi connectivity index (χ4v) is 3.21. The van der Waals surface area contributed by atoms with Crippen LogP contribution in [0.4, 0.5) is 20.2 Å². The van der Waals surface area contributed by atoms with E-state index < -0.39 is 5.66 Å². The van der Waals surface area contributed by atoms with Crippen molar-refractivity contribution in [3.63, 3.8) is 0 Å². The van der Waals surface area contributed by atoms with Crippen LogP contribution in [0, 0.1) is 0 Å². The van der Waals surface area contributed by atoms with Crippen molar-refractivity contribution < 1.29 is 13.9 Å². The highest BCUT2D eigenvalue weighted by Gasteiger charge is 2.24. The van der Waals surface area contributed by atoms with Crippen molar-refractivity contribution in [2.45, 2.75) is 5.66 Å². The van der Waals surface area contributed by atoms with Gasteiger partial charge in [-0.05, 0) is 30.3 Å². The van der Waals surface area contributed by atoms with Crippen LogP contribution in [0.15, 0.2) is 89.1 Å². The van der Waals surface area contributed by atoms with Crippen LogP contribution < -0.4 is 0 Å². The Labute approximate surface area is 162 Å². The SMILES string of the molecule is Oc1c(N=Nc2cccc(C(F)(F)P)c2)c2ccccc2n1-c1ccccc1. The van der Waals surface area contributed by atoms with Crippen molar-refractivity contribution >= 4 is 31.5 Å². The van der Waals surface area contributed by atoms with Crippen LogP contribution in [0.5, 0.6) is 5.88 Å². The molecular weight excluding hydrogens is 379 g/mol. The van der Waals surface area contributed by atoms with Crippen LogP contribution in [0.2, 0.25) is 0 Å². The maximum atomic E-state index is 13.5. The van der Waals surface area contributed by atoms with Crippen LogP contribution in [0.25, 0.3) is 16.6 Å². The smallest absolute Gasteiger partial charge is 0.283 e. The van der Waals surface area contributed by atoms with Crippen molar-refractivity contribution in [1.82, 2.24) is 4.57 Å². The summed E-state index contributed by atoms with van der Waals surface area (Å²) < 4.78 is 28.7. The Morgan fingerprint density at radius 3 is 2.32 bits per heavy atom. The first-order chi connectivity index (χ1) is 13.4. The molecule has 0 aliphatic heterocycles. The number of azo groups is 1. The molecule has 140 valence electrons. The van der Waals surface area contributed by atoms with Gasteiger partial charge in [0.15, 0.2) is 5.69 Å². The molecule has 0 saturated heterocycles. The highest BCUT2D eigenvalue weighted by molar-refractivity contribution is 7.17. The van der Waals surface area contributed by atoms with Gasteiger partial charge in [0.25, 0.3) is 5.66 Å². The van der Waals surface area contributed by atoms with Crippen molar-refractivity contribution in [1.29, 1.82) is 0 Å². The fraction of sp³-hybridized carbons (Fsp3) is 0.0476. The molecule has 0 spiro atoms. The number of aromatic nitrogens is 1. The Hall–Kier alpha value is -3.11. The lowest BCUT2D eigenvalue weighted by Gasteiger charge is -2.09. The largest absolute Gasteiger partial charge is 0.493 e. The van der Waals surface area contributed by atoms with E-state index in [0.29, 0.717) is 5.39 Å². The highest BCUT2D eigenvalue weighted by atomic mass is 31.0. The number of rotatable bonds is 4. The Morgan fingerprint density at radius 2 is 1.57 bits per heavy atom. The molecule has 0 aliphatic carbocycles. The number of alkyl halides is 2. The molecular formula is C21H16F2N3OP. The molecule has 0 radical (unpaired) electrons. The van der Waals surface area contributed by atoms with Crippen molar-refractivity contribution in [2.75, 3.05) is 0 Å². The summed E-state index contributed by atoms with van der Waals surface area (Å²) in [5.41, 5.74) is -1.12. The topological polar surface area (TPSA) is 49.9 Å². The van der Waals surface area contributed by atoms with E-state index in [2.05, 4.69) is 10.2 Å². The van der Waals surface area contributed by atoms with Gasteiger partial charge in [-0.25, -0.2) is 0 Å². The zero-order valence-electron chi connectivity index (χ0n) is 14.6. The third-order valence-corrected chi connectivity index (χ3v) is 4.67. The Balaban J connectivity index is 1.82. The molecule has 7 heteroatoms. The van der Waals surface area contributed by atoms with E-state index >= 15 is 0 Å². The zero-order chi connectivity index (χ0) is 19.7. The van der Waals surface area contributed by atoms with Gasteiger partial charge < -0.3 is 5.11 Å². The van der Waals surface area contributed by atoms with Crippen LogP contribution in [-0.4, -0.2) is 9.67 Å². The maximum absolute atomic E-state index is 13.5. The zero-order valence-corrected chi connectivity index (χ0v) is 15.8. The summed E-state index contributed by atoms with van der Waals surface area (Å²) in [5, 5.41) is 19.8. The van der Waals surface area contributed by atoms with Gasteiger partial charge in [0.05, 0.1) is 11.2 Å². The molecule has 4 nitrogen and oxygen atoms in total. The van der Waals surface area contributed by atoms with Gasteiger partial charge in [0.1, 0.15) is 0 Å². The fourth-order valence-electron chi connectivity index (χ4n) is 3.03. The first-order valence-corrected chi connectivity index (χ1v) is 9.10. The first-order valence-electron chi connectivity index (χ1n) is 8.52. The summed E-state index contributed by atoms with van der Waals surface area (Å²) in [6, 6.07) is 22.5. The van der Waals surface area contributed by atoms with E-state index in [9.17, 15) is 13.9 Å². The third kappa shape index (κ3) is 3.39. The minimum absolute atomic E-state index is 0.0660. The van der Waals surface area contributed by atoms with Crippen molar-refractivity contribution in [3.8, 4) is 11.6 Å². The molecule has 1 heterocycles. The molecule has 0 fully saturated rings. The van der Waals surface area contributed by atoms with Crippen LogP contribution in [0.3, 0.4) is 0 Å². The average molecular weight is 395 g/mol. The molecule has 1 aromatic heterocycles. The molecule has 1 unspecified atom stereocenters. The molecule has 0 bridgehead atoms. The summed E-state index contributed by atoms with van der Waals surface area (Å²) in [4.78, 5) is 0. The Bertz CT molecular complexity index is 1170. The van der Waals surface area contributed by atoms with Gasteiger partial charge in [0, 0.05) is 16.6 Å². The van der Waals surface area contributed by atoms with E-state index in [0.717, 1.165) is 11.2 Å². The van der Waals surface area contributed by atoms with E-state index in [4.69, 9.17) is 0 Å². The molecule has 3 aromatic carbocycles. The van der Waals surface area contributed by atoms with Gasteiger partial charge in [-0.3, -0.25) is 4.57 Å². The van der Waals surface area contributed by atoms with Gasteiger partial charge >= 0.3 is 0 Å². The normalized spacial score (nSPS) is 12.1. The molecule has 0 aliphatic rings. The highest BCUT2D eigenvalue weighted by Crippen LogP contribution is 2.42. The minimum Gasteiger partial charge on any atom is -0.493 e. The maximum Gasteiger partial charge on any atom is 0.283 e. The summed E-state index contributed by atoms with van der Waals surface area (Å²) in [7, 11) is 1.50. The van der Waals surface area contributed by atoms with Gasteiger partial charge in [0.2, 0.25) is 5.88 Å². The second kappa shape index (κ2) is 7.13. The van der Waals surface area contributed by atoms with Gasteiger partial charge in [-0.1, -0.05) is 57.8 Å². The predicted molar refractivity (Wildman–Crippen MR) is 109 cm³/mol. The lowest BCUT2D eigenvalue weighted by atomic mass is 10.2. The van der Waals surface area contributed by atoms with E-state index in [1.165, 1.54) is 27.4 Å². The van der Waals surface area contributed by atoms with Crippen LogP contribution in [0.1, 0.15) is 5.56 Å². The summed E-state index contributed by atoms with van der Waals surface area (Å²) in [5.74, 6) is -0.0660. The minimum atomic E-state index is -3.04. The molecule has 4 aromatic rings. The number of nitrogens with zero attached hydrogens (tertiary/aromatic N) is 3.